The third kappa shape index (κ3) is 5.86. The second-order valence-electron chi connectivity index (χ2n) is 10.0. The summed E-state index contributed by atoms with van der Waals surface area (Å²) in [5.41, 5.74) is 6.16. The number of amides is 1. The molecule has 5 rings (SSSR count). The minimum absolute atomic E-state index is 0.0395. The molecule has 2 heterocycles. The molecule has 0 N–H and O–H groups in total. The molecule has 190 valence electrons. The zero-order chi connectivity index (χ0) is 25.6. The van der Waals surface area contributed by atoms with E-state index in [0.717, 1.165) is 39.3 Å². The summed E-state index contributed by atoms with van der Waals surface area (Å²) in [5, 5.41) is 1.25. The van der Waals surface area contributed by atoms with Crippen LogP contribution < -0.4 is 0 Å². The van der Waals surface area contributed by atoms with Crippen LogP contribution in [0.15, 0.2) is 91.1 Å². The molecule has 4 heteroatoms. The van der Waals surface area contributed by atoms with Crippen molar-refractivity contribution in [3.8, 4) is 0 Å². The van der Waals surface area contributed by atoms with Crippen molar-refractivity contribution in [3.63, 3.8) is 0 Å². The summed E-state index contributed by atoms with van der Waals surface area (Å²) < 4.78 is 2.30. The third-order valence-electron chi connectivity index (χ3n) is 7.59. The lowest BCUT2D eigenvalue weighted by atomic mass is 9.87. The number of fused-ring (bicyclic) bond motifs is 1. The van der Waals surface area contributed by atoms with Gasteiger partial charge in [-0.15, -0.1) is 0 Å². The predicted molar refractivity (Wildman–Crippen MR) is 154 cm³/mol. The second kappa shape index (κ2) is 11.6. The molecule has 0 radical (unpaired) electrons. The Morgan fingerprint density at radius 2 is 1.59 bits per heavy atom. The van der Waals surface area contributed by atoms with Crippen molar-refractivity contribution in [1.82, 2.24) is 14.4 Å². The molecule has 4 aromatic rings. The van der Waals surface area contributed by atoms with Crippen LogP contribution in [0.1, 0.15) is 41.5 Å². The van der Waals surface area contributed by atoms with Crippen LogP contribution in [-0.2, 0) is 11.3 Å². The molecule has 1 atom stereocenters. The van der Waals surface area contributed by atoms with Gasteiger partial charge in [-0.3, -0.25) is 9.69 Å². The second-order valence-corrected chi connectivity index (χ2v) is 10.0. The molecule has 1 aliphatic heterocycles. The van der Waals surface area contributed by atoms with Gasteiger partial charge in [0.2, 0.25) is 5.91 Å². The molecule has 1 aromatic heterocycles. The minimum Gasteiger partial charge on any atom is -0.347 e. The number of hydrogen-bond acceptors (Lipinski definition) is 2. The number of benzene rings is 3. The SMILES string of the molecule is CCn1cc([C@@H](CC(=O)N2CCN(C/C=C/c3ccccc3)CC2)c2ccc(C)cc2)c2ccccc21. The summed E-state index contributed by atoms with van der Waals surface area (Å²) >= 11 is 0. The normalized spacial score (nSPS) is 15.5. The molecule has 0 unspecified atom stereocenters. The molecule has 0 saturated carbocycles. The van der Waals surface area contributed by atoms with Gasteiger partial charge in [0.15, 0.2) is 0 Å². The van der Waals surface area contributed by atoms with E-state index < -0.39 is 0 Å². The van der Waals surface area contributed by atoms with E-state index in [1.807, 2.05) is 6.07 Å². The van der Waals surface area contributed by atoms with Crippen LogP contribution in [0.4, 0.5) is 0 Å². The number of piperazine rings is 1. The molecule has 1 amide bonds. The summed E-state index contributed by atoms with van der Waals surface area (Å²) in [4.78, 5) is 18.1. The van der Waals surface area contributed by atoms with Crippen LogP contribution in [0.25, 0.3) is 17.0 Å². The first-order chi connectivity index (χ1) is 18.1. The van der Waals surface area contributed by atoms with Crippen LogP contribution in [0.5, 0.6) is 0 Å². The van der Waals surface area contributed by atoms with Gasteiger partial charge >= 0.3 is 0 Å². The Kier molecular flexibility index (Phi) is 7.86. The molecular weight excluding hydrogens is 454 g/mol. The molecule has 3 aromatic carbocycles. The highest BCUT2D eigenvalue weighted by Gasteiger charge is 2.27. The fourth-order valence-electron chi connectivity index (χ4n) is 5.41. The topological polar surface area (TPSA) is 28.5 Å². The van der Waals surface area contributed by atoms with Gasteiger partial charge in [-0.25, -0.2) is 0 Å². The van der Waals surface area contributed by atoms with Crippen molar-refractivity contribution in [2.45, 2.75) is 32.7 Å². The smallest absolute Gasteiger partial charge is 0.223 e. The van der Waals surface area contributed by atoms with E-state index in [4.69, 9.17) is 0 Å². The van der Waals surface area contributed by atoms with Gasteiger partial charge in [-0.2, -0.15) is 0 Å². The maximum atomic E-state index is 13.6. The lowest BCUT2D eigenvalue weighted by Gasteiger charge is -2.35. The number of carbonyl (C=O) groups is 1. The lowest BCUT2D eigenvalue weighted by molar-refractivity contribution is -0.133. The van der Waals surface area contributed by atoms with Gasteiger partial charge in [0.05, 0.1) is 0 Å². The van der Waals surface area contributed by atoms with Crippen molar-refractivity contribution < 1.29 is 4.79 Å². The van der Waals surface area contributed by atoms with Crippen LogP contribution in [0.2, 0.25) is 0 Å². The standard InChI is InChI=1S/C33H37N3O/c1-3-35-25-31(29-13-7-8-14-32(29)35)30(28-17-15-26(2)16-18-28)24-33(37)36-22-20-34(21-23-36)19-9-12-27-10-5-4-6-11-27/h4-18,25,30H,3,19-24H2,1-2H3/b12-9+/t30-/m0/s1. The molecule has 0 aliphatic carbocycles. The van der Waals surface area contributed by atoms with Crippen LogP contribution in [-0.4, -0.2) is 53.0 Å². The van der Waals surface area contributed by atoms with Crippen molar-refractivity contribution in [3.05, 3.63) is 113 Å². The van der Waals surface area contributed by atoms with E-state index in [1.165, 1.54) is 33.2 Å². The lowest BCUT2D eigenvalue weighted by Crippen LogP contribution is -2.48. The zero-order valence-corrected chi connectivity index (χ0v) is 22.0. The number of para-hydroxylation sites is 1. The van der Waals surface area contributed by atoms with Crippen LogP contribution in [0, 0.1) is 6.92 Å². The quantitative estimate of drug-likeness (QED) is 0.287. The first-order valence-corrected chi connectivity index (χ1v) is 13.5. The molecule has 1 fully saturated rings. The zero-order valence-electron chi connectivity index (χ0n) is 22.0. The fourth-order valence-corrected chi connectivity index (χ4v) is 5.41. The third-order valence-corrected chi connectivity index (χ3v) is 7.59. The predicted octanol–water partition coefficient (Wildman–Crippen LogP) is 6.35. The van der Waals surface area contributed by atoms with E-state index in [2.05, 4.69) is 119 Å². The first-order valence-electron chi connectivity index (χ1n) is 13.5. The van der Waals surface area contributed by atoms with Gasteiger partial charge in [0, 0.05) is 68.7 Å². The van der Waals surface area contributed by atoms with Crippen molar-refractivity contribution in [2.75, 3.05) is 32.7 Å². The average molecular weight is 492 g/mol. The van der Waals surface area contributed by atoms with Crippen molar-refractivity contribution in [2.24, 2.45) is 0 Å². The molecule has 37 heavy (non-hydrogen) atoms. The van der Waals surface area contributed by atoms with E-state index in [9.17, 15) is 4.79 Å². The van der Waals surface area contributed by atoms with Gasteiger partial charge in [-0.05, 0) is 36.6 Å². The highest BCUT2D eigenvalue weighted by atomic mass is 16.2. The number of nitrogens with zero attached hydrogens (tertiary/aromatic N) is 3. The van der Waals surface area contributed by atoms with Gasteiger partial charge in [-0.1, -0.05) is 90.5 Å². The Hall–Kier alpha value is -3.63. The van der Waals surface area contributed by atoms with Crippen LogP contribution >= 0.6 is 0 Å². The largest absolute Gasteiger partial charge is 0.347 e. The molecule has 4 nitrogen and oxygen atoms in total. The molecule has 1 saturated heterocycles. The Morgan fingerprint density at radius 1 is 0.892 bits per heavy atom. The highest BCUT2D eigenvalue weighted by Crippen LogP contribution is 2.35. The maximum Gasteiger partial charge on any atom is 0.223 e. The highest BCUT2D eigenvalue weighted by molar-refractivity contribution is 5.86. The molecular formula is C33H37N3O. The Bertz CT molecular complexity index is 1350. The van der Waals surface area contributed by atoms with Crippen LogP contribution in [0.3, 0.4) is 0 Å². The van der Waals surface area contributed by atoms with E-state index in [0.29, 0.717) is 6.42 Å². The van der Waals surface area contributed by atoms with Gasteiger partial charge < -0.3 is 9.47 Å². The number of rotatable bonds is 8. The Balaban J connectivity index is 1.29. The monoisotopic (exact) mass is 491 g/mol. The number of aromatic nitrogens is 1. The fraction of sp³-hybridized carbons (Fsp3) is 0.303. The minimum atomic E-state index is 0.0395. The van der Waals surface area contributed by atoms with E-state index >= 15 is 0 Å². The summed E-state index contributed by atoms with van der Waals surface area (Å²) in [6.07, 6.45) is 7.16. The Morgan fingerprint density at radius 3 is 2.32 bits per heavy atom. The summed E-state index contributed by atoms with van der Waals surface area (Å²) in [5.74, 6) is 0.288. The van der Waals surface area contributed by atoms with Crippen molar-refractivity contribution in [1.29, 1.82) is 0 Å². The number of carbonyl (C=O) groups excluding carboxylic acids is 1. The number of hydrogen-bond donors (Lipinski definition) is 0. The molecule has 0 bridgehead atoms. The molecule has 0 spiro atoms. The summed E-state index contributed by atoms with van der Waals surface area (Å²) in [6, 6.07) is 27.7. The Labute approximate surface area is 220 Å². The summed E-state index contributed by atoms with van der Waals surface area (Å²) in [7, 11) is 0. The van der Waals surface area contributed by atoms with E-state index in [-0.39, 0.29) is 11.8 Å². The van der Waals surface area contributed by atoms with E-state index in [1.54, 1.807) is 0 Å². The van der Waals surface area contributed by atoms with Gasteiger partial charge in [0.25, 0.3) is 0 Å². The number of aryl methyl sites for hydroxylation is 2. The molecule has 1 aliphatic rings. The van der Waals surface area contributed by atoms with Gasteiger partial charge in [0.1, 0.15) is 0 Å². The first kappa shape index (κ1) is 25.0. The maximum absolute atomic E-state index is 13.6. The summed E-state index contributed by atoms with van der Waals surface area (Å²) in [6.45, 7) is 9.52. The van der Waals surface area contributed by atoms with Crippen molar-refractivity contribution >= 4 is 22.9 Å². The average Bonchev–Trinajstić information content (AvgIpc) is 3.32.